The van der Waals surface area contributed by atoms with E-state index in [2.05, 4.69) is 10.3 Å². The van der Waals surface area contributed by atoms with Gasteiger partial charge >= 0.3 is 5.97 Å². The van der Waals surface area contributed by atoms with Crippen molar-refractivity contribution in [2.24, 2.45) is 5.73 Å². The Balaban J connectivity index is 1.46. The van der Waals surface area contributed by atoms with Gasteiger partial charge in [0.15, 0.2) is 0 Å². The lowest BCUT2D eigenvalue weighted by Crippen LogP contribution is -2.44. The van der Waals surface area contributed by atoms with E-state index >= 15 is 0 Å². The Labute approximate surface area is 151 Å². The van der Waals surface area contributed by atoms with Gasteiger partial charge in [-0.15, -0.1) is 0 Å². The Morgan fingerprint density at radius 3 is 2.62 bits per heavy atom. The SMILES string of the molecule is N[C@@H](Cc1c[nH]c2ccccc12)C(=O)NCC(=O)OCc1ccccc1. The van der Waals surface area contributed by atoms with Crippen molar-refractivity contribution in [2.45, 2.75) is 19.1 Å². The van der Waals surface area contributed by atoms with Gasteiger partial charge < -0.3 is 20.8 Å². The number of hydrogen-bond acceptors (Lipinski definition) is 4. The molecule has 1 amide bonds. The zero-order valence-electron chi connectivity index (χ0n) is 14.3. The van der Waals surface area contributed by atoms with E-state index in [9.17, 15) is 9.59 Å². The van der Waals surface area contributed by atoms with Crippen LogP contribution >= 0.6 is 0 Å². The summed E-state index contributed by atoms with van der Waals surface area (Å²) in [6.07, 6.45) is 2.24. The number of esters is 1. The van der Waals surface area contributed by atoms with Crippen LogP contribution < -0.4 is 11.1 Å². The molecule has 1 heterocycles. The van der Waals surface area contributed by atoms with Crippen LogP contribution in [-0.4, -0.2) is 29.4 Å². The standard InChI is InChI=1S/C20H21N3O3/c21-17(10-15-11-22-18-9-5-4-8-16(15)18)20(25)23-12-19(24)26-13-14-6-2-1-3-7-14/h1-9,11,17,22H,10,12-13,21H2,(H,23,25)/t17-/m0/s1. The molecule has 0 aliphatic heterocycles. The summed E-state index contributed by atoms with van der Waals surface area (Å²) < 4.78 is 5.12. The summed E-state index contributed by atoms with van der Waals surface area (Å²) in [5.41, 5.74) is 8.83. The summed E-state index contributed by atoms with van der Waals surface area (Å²) in [6, 6.07) is 16.4. The molecule has 0 bridgehead atoms. The molecule has 6 heteroatoms. The molecule has 0 fully saturated rings. The van der Waals surface area contributed by atoms with Crippen LogP contribution in [0, 0.1) is 0 Å². The minimum absolute atomic E-state index is 0.178. The van der Waals surface area contributed by atoms with E-state index < -0.39 is 12.0 Å². The molecule has 3 aromatic rings. The summed E-state index contributed by atoms with van der Waals surface area (Å²) in [5.74, 6) is -0.881. The van der Waals surface area contributed by atoms with Gasteiger partial charge in [-0.25, -0.2) is 0 Å². The number of fused-ring (bicyclic) bond motifs is 1. The molecule has 0 spiro atoms. The Morgan fingerprint density at radius 1 is 1.08 bits per heavy atom. The Kier molecular flexibility index (Phi) is 5.66. The molecule has 0 aliphatic rings. The monoisotopic (exact) mass is 351 g/mol. The van der Waals surface area contributed by atoms with Crippen molar-refractivity contribution in [1.29, 1.82) is 0 Å². The molecule has 4 N–H and O–H groups in total. The first-order valence-electron chi connectivity index (χ1n) is 8.41. The second-order valence-electron chi connectivity index (χ2n) is 6.03. The number of benzene rings is 2. The molecule has 0 saturated heterocycles. The number of H-pyrrole nitrogens is 1. The smallest absolute Gasteiger partial charge is 0.325 e. The fourth-order valence-corrected chi connectivity index (χ4v) is 2.71. The van der Waals surface area contributed by atoms with E-state index in [4.69, 9.17) is 10.5 Å². The van der Waals surface area contributed by atoms with Crippen molar-refractivity contribution >= 4 is 22.8 Å². The summed E-state index contributed by atoms with van der Waals surface area (Å²) in [7, 11) is 0. The first-order valence-corrected chi connectivity index (χ1v) is 8.41. The number of amides is 1. The lowest BCUT2D eigenvalue weighted by molar-refractivity contribution is -0.145. The molecule has 1 aromatic heterocycles. The number of nitrogens with one attached hydrogen (secondary N) is 2. The van der Waals surface area contributed by atoms with Crippen LogP contribution in [-0.2, 0) is 27.4 Å². The predicted molar refractivity (Wildman–Crippen MR) is 99.2 cm³/mol. The molecule has 0 unspecified atom stereocenters. The number of para-hydroxylation sites is 1. The fourth-order valence-electron chi connectivity index (χ4n) is 2.71. The van der Waals surface area contributed by atoms with Crippen LogP contribution in [0.5, 0.6) is 0 Å². The highest BCUT2D eigenvalue weighted by Gasteiger charge is 2.17. The zero-order chi connectivity index (χ0) is 18.4. The van der Waals surface area contributed by atoms with Crippen LogP contribution in [0.1, 0.15) is 11.1 Å². The first-order chi connectivity index (χ1) is 12.6. The number of aromatic nitrogens is 1. The quantitative estimate of drug-likeness (QED) is 0.566. The third-order valence-electron chi connectivity index (χ3n) is 4.10. The van der Waals surface area contributed by atoms with Crippen LogP contribution in [0.25, 0.3) is 10.9 Å². The van der Waals surface area contributed by atoms with E-state index in [1.165, 1.54) is 0 Å². The largest absolute Gasteiger partial charge is 0.460 e. The van der Waals surface area contributed by atoms with Crippen molar-refractivity contribution in [3.8, 4) is 0 Å². The van der Waals surface area contributed by atoms with E-state index in [1.54, 1.807) is 0 Å². The predicted octanol–water partition coefficient (Wildman–Crippen LogP) is 1.90. The molecule has 134 valence electrons. The summed E-state index contributed by atoms with van der Waals surface area (Å²) >= 11 is 0. The van der Waals surface area contributed by atoms with Crippen molar-refractivity contribution in [3.63, 3.8) is 0 Å². The number of hydrogen-bond donors (Lipinski definition) is 3. The van der Waals surface area contributed by atoms with Crippen LogP contribution in [0.15, 0.2) is 60.8 Å². The average molecular weight is 351 g/mol. The van der Waals surface area contributed by atoms with Gasteiger partial charge in [-0.3, -0.25) is 9.59 Å². The molecule has 3 rings (SSSR count). The second kappa shape index (κ2) is 8.31. The molecule has 0 saturated carbocycles. The van der Waals surface area contributed by atoms with Gasteiger partial charge in [0.2, 0.25) is 5.91 Å². The molecular weight excluding hydrogens is 330 g/mol. The summed E-state index contributed by atoms with van der Waals surface area (Å²) in [4.78, 5) is 27.0. The molecular formula is C20H21N3O3. The van der Waals surface area contributed by atoms with Crippen molar-refractivity contribution in [2.75, 3.05) is 6.54 Å². The van der Waals surface area contributed by atoms with E-state index in [0.29, 0.717) is 6.42 Å². The van der Waals surface area contributed by atoms with Gasteiger partial charge in [0.1, 0.15) is 13.2 Å². The van der Waals surface area contributed by atoms with Gasteiger partial charge in [0.05, 0.1) is 6.04 Å². The first kappa shape index (κ1) is 17.7. The maximum absolute atomic E-state index is 12.1. The minimum Gasteiger partial charge on any atom is -0.460 e. The van der Waals surface area contributed by atoms with Crippen molar-refractivity contribution in [3.05, 3.63) is 71.9 Å². The van der Waals surface area contributed by atoms with Crippen LogP contribution in [0.4, 0.5) is 0 Å². The number of ether oxygens (including phenoxy) is 1. The summed E-state index contributed by atoms with van der Waals surface area (Å²) in [6.45, 7) is -0.0236. The Morgan fingerprint density at radius 2 is 1.81 bits per heavy atom. The molecule has 6 nitrogen and oxygen atoms in total. The number of carbonyl (C=O) groups is 2. The fraction of sp³-hybridized carbons (Fsp3) is 0.200. The van der Waals surface area contributed by atoms with Crippen molar-refractivity contribution < 1.29 is 14.3 Å². The number of nitrogens with two attached hydrogens (primary N) is 1. The number of carbonyl (C=O) groups excluding carboxylic acids is 2. The zero-order valence-corrected chi connectivity index (χ0v) is 14.3. The average Bonchev–Trinajstić information content (AvgIpc) is 3.08. The molecule has 1 atom stereocenters. The highest BCUT2D eigenvalue weighted by atomic mass is 16.5. The molecule has 0 aliphatic carbocycles. The third kappa shape index (κ3) is 4.49. The highest BCUT2D eigenvalue weighted by Crippen LogP contribution is 2.18. The number of aromatic amines is 1. The summed E-state index contributed by atoms with van der Waals surface area (Å²) in [5, 5.41) is 3.57. The molecule has 26 heavy (non-hydrogen) atoms. The Hall–Kier alpha value is -3.12. The van der Waals surface area contributed by atoms with Crippen LogP contribution in [0.3, 0.4) is 0 Å². The Bertz CT molecular complexity index is 889. The molecule has 2 aromatic carbocycles. The lowest BCUT2D eigenvalue weighted by atomic mass is 10.1. The molecule has 0 radical (unpaired) electrons. The van der Waals surface area contributed by atoms with Gasteiger partial charge in [-0.1, -0.05) is 48.5 Å². The minimum atomic E-state index is -0.740. The third-order valence-corrected chi connectivity index (χ3v) is 4.10. The van der Waals surface area contributed by atoms with Gasteiger partial charge in [0, 0.05) is 17.1 Å². The van der Waals surface area contributed by atoms with Gasteiger partial charge in [-0.2, -0.15) is 0 Å². The maximum atomic E-state index is 12.1. The number of rotatable bonds is 7. The normalized spacial score (nSPS) is 11.9. The van der Waals surface area contributed by atoms with Gasteiger partial charge in [-0.05, 0) is 23.6 Å². The van der Waals surface area contributed by atoms with E-state index in [1.807, 2.05) is 60.8 Å². The van der Waals surface area contributed by atoms with E-state index in [0.717, 1.165) is 22.0 Å². The topological polar surface area (TPSA) is 97.2 Å². The van der Waals surface area contributed by atoms with Gasteiger partial charge in [0.25, 0.3) is 0 Å². The van der Waals surface area contributed by atoms with E-state index in [-0.39, 0.29) is 19.1 Å². The lowest BCUT2D eigenvalue weighted by Gasteiger charge is -2.12. The van der Waals surface area contributed by atoms with Crippen molar-refractivity contribution in [1.82, 2.24) is 10.3 Å². The second-order valence-corrected chi connectivity index (χ2v) is 6.03. The highest BCUT2D eigenvalue weighted by molar-refractivity contribution is 5.87. The van der Waals surface area contributed by atoms with Crippen LogP contribution in [0.2, 0.25) is 0 Å². The maximum Gasteiger partial charge on any atom is 0.325 e.